The molecule has 156 valence electrons. The zero-order valence-electron chi connectivity index (χ0n) is 16.6. The number of hydrogen-bond acceptors (Lipinski definition) is 6. The summed E-state index contributed by atoms with van der Waals surface area (Å²) in [6.07, 6.45) is 8.57. The molecule has 0 saturated carbocycles. The van der Waals surface area contributed by atoms with Crippen molar-refractivity contribution in [1.29, 1.82) is 0 Å². The first-order valence-corrected chi connectivity index (χ1v) is 9.69. The second-order valence-corrected chi connectivity index (χ2v) is 7.21. The van der Waals surface area contributed by atoms with Crippen molar-refractivity contribution >= 4 is 6.47 Å². The van der Waals surface area contributed by atoms with E-state index in [1.54, 1.807) is 0 Å². The lowest BCUT2D eigenvalue weighted by atomic mass is 9.95. The SMILES string of the molecule is Cc1cc2c(cc1-c1nccn1[C@@H]1COC[C@H]1Cc1ccncc1)OCO2.O=CO. The van der Waals surface area contributed by atoms with Crippen LogP contribution in [-0.4, -0.2) is 46.1 Å². The summed E-state index contributed by atoms with van der Waals surface area (Å²) < 4.78 is 19.2. The lowest BCUT2D eigenvalue weighted by Gasteiger charge is -2.22. The van der Waals surface area contributed by atoms with E-state index in [0.29, 0.717) is 12.5 Å². The summed E-state index contributed by atoms with van der Waals surface area (Å²) in [5, 5.41) is 6.89. The number of rotatable bonds is 4. The second kappa shape index (κ2) is 8.96. The van der Waals surface area contributed by atoms with Crippen LogP contribution in [0.1, 0.15) is 17.2 Å². The molecule has 4 heterocycles. The van der Waals surface area contributed by atoms with Gasteiger partial charge in [0.05, 0.1) is 19.3 Å². The summed E-state index contributed by atoms with van der Waals surface area (Å²) >= 11 is 0. The number of fused-ring (bicyclic) bond motifs is 1. The quantitative estimate of drug-likeness (QED) is 0.662. The Labute approximate surface area is 174 Å². The first kappa shape index (κ1) is 19.9. The van der Waals surface area contributed by atoms with Crippen LogP contribution in [0.25, 0.3) is 11.4 Å². The van der Waals surface area contributed by atoms with Crippen LogP contribution < -0.4 is 9.47 Å². The summed E-state index contributed by atoms with van der Waals surface area (Å²) in [5.41, 5.74) is 3.47. The van der Waals surface area contributed by atoms with Crippen molar-refractivity contribution in [3.05, 3.63) is 60.2 Å². The van der Waals surface area contributed by atoms with Crippen LogP contribution in [0.4, 0.5) is 0 Å². The minimum atomic E-state index is -0.250. The number of aryl methyl sites for hydroxylation is 1. The Morgan fingerprint density at radius 3 is 2.67 bits per heavy atom. The number of benzene rings is 1. The fraction of sp³-hybridized carbons (Fsp3) is 0.318. The molecule has 0 spiro atoms. The largest absolute Gasteiger partial charge is 0.483 e. The fourth-order valence-corrected chi connectivity index (χ4v) is 3.99. The number of pyridine rings is 1. The Kier molecular flexibility index (Phi) is 5.94. The van der Waals surface area contributed by atoms with Gasteiger partial charge < -0.3 is 23.9 Å². The highest BCUT2D eigenvalue weighted by Crippen LogP contribution is 2.39. The number of aromatic nitrogens is 3. The third kappa shape index (κ3) is 3.99. The minimum absolute atomic E-state index is 0.250. The van der Waals surface area contributed by atoms with E-state index in [4.69, 9.17) is 24.1 Å². The van der Waals surface area contributed by atoms with Crippen molar-refractivity contribution in [3.8, 4) is 22.9 Å². The zero-order valence-corrected chi connectivity index (χ0v) is 16.6. The van der Waals surface area contributed by atoms with Crippen LogP contribution in [0.3, 0.4) is 0 Å². The lowest BCUT2D eigenvalue weighted by Crippen LogP contribution is -2.20. The first-order valence-electron chi connectivity index (χ1n) is 9.69. The molecule has 3 aromatic rings. The summed E-state index contributed by atoms with van der Waals surface area (Å²) in [7, 11) is 0. The van der Waals surface area contributed by atoms with Crippen molar-refractivity contribution in [2.24, 2.45) is 5.92 Å². The Morgan fingerprint density at radius 1 is 1.17 bits per heavy atom. The second-order valence-electron chi connectivity index (χ2n) is 7.21. The van der Waals surface area contributed by atoms with Crippen molar-refractivity contribution in [2.45, 2.75) is 19.4 Å². The molecule has 0 amide bonds. The Balaban J connectivity index is 0.000000687. The summed E-state index contributed by atoms with van der Waals surface area (Å²) in [6, 6.07) is 8.46. The summed E-state index contributed by atoms with van der Waals surface area (Å²) in [6.45, 7) is 3.56. The average molecular weight is 409 g/mol. The van der Waals surface area contributed by atoms with Crippen molar-refractivity contribution < 1.29 is 24.1 Å². The average Bonchev–Trinajstić information content (AvgIpc) is 3.48. The predicted octanol–water partition coefficient (Wildman–Crippen LogP) is 3.11. The van der Waals surface area contributed by atoms with Gasteiger partial charge in [0.1, 0.15) is 5.82 Å². The van der Waals surface area contributed by atoms with E-state index < -0.39 is 0 Å². The van der Waals surface area contributed by atoms with Crippen LogP contribution in [0.5, 0.6) is 11.5 Å². The van der Waals surface area contributed by atoms with E-state index in [-0.39, 0.29) is 19.3 Å². The molecule has 1 aromatic carbocycles. The monoisotopic (exact) mass is 409 g/mol. The molecule has 1 fully saturated rings. The van der Waals surface area contributed by atoms with Crippen LogP contribution in [0.2, 0.25) is 0 Å². The third-order valence-corrected chi connectivity index (χ3v) is 5.40. The Morgan fingerprint density at radius 2 is 1.90 bits per heavy atom. The number of hydrogen-bond donors (Lipinski definition) is 1. The van der Waals surface area contributed by atoms with Crippen LogP contribution in [0, 0.1) is 12.8 Å². The molecule has 2 aliphatic heterocycles. The highest BCUT2D eigenvalue weighted by atomic mass is 16.7. The van der Waals surface area contributed by atoms with E-state index in [2.05, 4.69) is 39.8 Å². The molecule has 2 aromatic heterocycles. The predicted molar refractivity (Wildman–Crippen MR) is 109 cm³/mol. The molecule has 8 nitrogen and oxygen atoms in total. The molecule has 1 saturated heterocycles. The maximum atomic E-state index is 8.36. The van der Waals surface area contributed by atoms with Crippen molar-refractivity contribution in [2.75, 3.05) is 20.0 Å². The van der Waals surface area contributed by atoms with E-state index in [0.717, 1.165) is 41.5 Å². The summed E-state index contributed by atoms with van der Waals surface area (Å²) in [4.78, 5) is 17.1. The van der Waals surface area contributed by atoms with Gasteiger partial charge in [0.25, 0.3) is 6.47 Å². The van der Waals surface area contributed by atoms with Crippen molar-refractivity contribution in [1.82, 2.24) is 14.5 Å². The molecular formula is C22H23N3O5. The Hall–Kier alpha value is -3.39. The molecular weight excluding hydrogens is 386 g/mol. The maximum absolute atomic E-state index is 8.36. The summed E-state index contributed by atoms with van der Waals surface area (Å²) in [5.74, 6) is 2.92. The Bertz CT molecular complexity index is 1010. The van der Waals surface area contributed by atoms with Gasteiger partial charge in [0.2, 0.25) is 6.79 Å². The van der Waals surface area contributed by atoms with Gasteiger partial charge in [-0.25, -0.2) is 4.98 Å². The molecule has 5 rings (SSSR count). The third-order valence-electron chi connectivity index (χ3n) is 5.40. The molecule has 2 aliphatic rings. The van der Waals surface area contributed by atoms with Gasteiger partial charge in [-0.3, -0.25) is 9.78 Å². The van der Waals surface area contributed by atoms with Crippen molar-refractivity contribution in [3.63, 3.8) is 0 Å². The number of nitrogens with zero attached hydrogens (tertiary/aromatic N) is 3. The van der Waals surface area contributed by atoms with Crippen LogP contribution >= 0.6 is 0 Å². The highest BCUT2D eigenvalue weighted by Gasteiger charge is 2.32. The molecule has 0 unspecified atom stereocenters. The first-order chi connectivity index (χ1) is 14.7. The maximum Gasteiger partial charge on any atom is 0.290 e. The molecule has 0 bridgehead atoms. The van der Waals surface area contributed by atoms with Gasteiger partial charge in [-0.15, -0.1) is 0 Å². The molecule has 1 N–H and O–H groups in total. The van der Waals surface area contributed by atoms with E-state index in [9.17, 15) is 0 Å². The van der Waals surface area contributed by atoms with Gasteiger partial charge in [-0.2, -0.15) is 0 Å². The topological polar surface area (TPSA) is 95.7 Å². The molecule has 0 aliphatic carbocycles. The molecule has 0 radical (unpaired) electrons. The van der Waals surface area contributed by atoms with Gasteiger partial charge in [0.15, 0.2) is 11.5 Å². The van der Waals surface area contributed by atoms with Gasteiger partial charge in [0, 0.05) is 36.3 Å². The fourth-order valence-electron chi connectivity index (χ4n) is 3.99. The van der Waals surface area contributed by atoms with Gasteiger partial charge >= 0.3 is 0 Å². The lowest BCUT2D eigenvalue weighted by molar-refractivity contribution is -0.122. The van der Waals surface area contributed by atoms with E-state index in [1.165, 1.54) is 5.56 Å². The minimum Gasteiger partial charge on any atom is -0.483 e. The van der Waals surface area contributed by atoms with E-state index >= 15 is 0 Å². The van der Waals surface area contributed by atoms with Gasteiger partial charge in [-0.05, 0) is 48.7 Å². The number of imidazole rings is 1. The van der Waals surface area contributed by atoms with Crippen LogP contribution in [0.15, 0.2) is 49.1 Å². The number of carboxylic acid groups (broad SMARTS) is 1. The number of carbonyl (C=O) groups is 1. The molecule has 2 atom stereocenters. The zero-order chi connectivity index (χ0) is 20.9. The smallest absolute Gasteiger partial charge is 0.290 e. The number of ether oxygens (including phenoxy) is 3. The normalized spacial score (nSPS) is 19.2. The molecule has 30 heavy (non-hydrogen) atoms. The van der Waals surface area contributed by atoms with E-state index in [1.807, 2.05) is 30.7 Å². The van der Waals surface area contributed by atoms with Gasteiger partial charge in [-0.1, -0.05) is 0 Å². The highest BCUT2D eigenvalue weighted by molar-refractivity contribution is 5.66. The molecule has 8 heteroatoms. The van der Waals surface area contributed by atoms with Crippen LogP contribution in [-0.2, 0) is 16.0 Å². The standard InChI is InChI=1S/C21H21N3O3.CH2O2/c1-14-8-19-20(27-13-26-19)10-17(14)21-23-6-7-24(21)18-12-25-11-16(18)9-15-2-4-22-5-3-15;2-1-3/h2-8,10,16,18H,9,11-13H2,1H3;1H,(H,2,3)/t16-,18-;/m1./s1.